The van der Waals surface area contributed by atoms with Crippen LogP contribution in [-0.4, -0.2) is 40.5 Å². The second-order valence-electron chi connectivity index (χ2n) is 5.63. The molecule has 1 amide bonds. The second-order valence-corrected chi connectivity index (χ2v) is 7.40. The lowest BCUT2D eigenvalue weighted by Gasteiger charge is -2.08. The quantitative estimate of drug-likeness (QED) is 0.667. The average Bonchev–Trinajstić information content (AvgIpc) is 3.17. The highest BCUT2D eigenvalue weighted by atomic mass is 32.2. The number of hydrogen-bond acceptors (Lipinski definition) is 6. The van der Waals surface area contributed by atoms with Crippen LogP contribution in [0.2, 0.25) is 0 Å². The molecule has 0 unspecified atom stereocenters. The zero-order valence-corrected chi connectivity index (χ0v) is 15.1. The van der Waals surface area contributed by atoms with Crippen LogP contribution in [0, 0.1) is 19.3 Å². The minimum atomic E-state index is -4.03. The summed E-state index contributed by atoms with van der Waals surface area (Å²) in [6, 6.07) is 12.6. The van der Waals surface area contributed by atoms with Gasteiger partial charge in [-0.3, -0.25) is 4.79 Å². The Morgan fingerprint density at radius 3 is 2.44 bits per heavy atom. The number of amides is 1. The molecular weight excluding hydrogens is 366 g/mol. The summed E-state index contributed by atoms with van der Waals surface area (Å²) in [4.78, 5) is 11.8. The fourth-order valence-electron chi connectivity index (χ4n) is 2.32. The van der Waals surface area contributed by atoms with Crippen molar-refractivity contribution in [3.63, 3.8) is 0 Å². The number of nitrogens with one attached hydrogen (secondary N) is 1. The topological polar surface area (TPSA) is 107 Å². The Kier molecular flexibility index (Phi) is 5.00. The minimum absolute atomic E-state index is 0.0448. The lowest BCUT2D eigenvalue weighted by Crippen LogP contribution is -2.23. The van der Waals surface area contributed by atoms with Gasteiger partial charge in [-0.1, -0.05) is 35.7 Å². The number of carbonyl (C=O) groups is 1. The fourth-order valence-corrected chi connectivity index (χ4v) is 3.50. The predicted molar refractivity (Wildman–Crippen MR) is 98.2 cm³/mol. The maximum atomic E-state index is 12.9. The summed E-state index contributed by atoms with van der Waals surface area (Å²) >= 11 is 0. The molecule has 0 radical (unpaired) electrons. The van der Waals surface area contributed by atoms with Crippen LogP contribution in [0.5, 0.6) is 0 Å². The van der Waals surface area contributed by atoms with Gasteiger partial charge in [0.15, 0.2) is 5.82 Å². The third kappa shape index (κ3) is 3.70. The molecule has 136 valence electrons. The molecule has 0 aliphatic rings. The van der Waals surface area contributed by atoms with Gasteiger partial charge in [0.2, 0.25) is 0 Å². The van der Waals surface area contributed by atoms with Crippen LogP contribution in [0.15, 0.2) is 53.4 Å². The van der Waals surface area contributed by atoms with Crippen molar-refractivity contribution in [2.24, 2.45) is 0 Å². The van der Waals surface area contributed by atoms with Crippen molar-refractivity contribution >= 4 is 15.9 Å². The summed E-state index contributed by atoms with van der Waals surface area (Å²) in [7, 11) is -4.03. The predicted octanol–water partition coefficient (Wildman–Crippen LogP) is 1.25. The van der Waals surface area contributed by atoms with E-state index in [1.54, 1.807) is 12.1 Å². The van der Waals surface area contributed by atoms with Crippen molar-refractivity contribution in [2.45, 2.75) is 11.8 Å². The molecule has 1 N–H and O–H groups in total. The van der Waals surface area contributed by atoms with Gasteiger partial charge in [-0.05, 0) is 41.6 Å². The summed E-state index contributed by atoms with van der Waals surface area (Å²) in [5.74, 6) is 2.01. The molecule has 0 bridgehead atoms. The molecule has 0 spiro atoms. The third-order valence-corrected chi connectivity index (χ3v) is 5.31. The van der Waals surface area contributed by atoms with E-state index in [0.717, 1.165) is 9.65 Å². The first-order chi connectivity index (χ1) is 12.9. The van der Waals surface area contributed by atoms with E-state index in [9.17, 15) is 13.2 Å². The number of rotatable bonds is 5. The molecule has 9 heteroatoms. The molecule has 0 fully saturated rings. The highest BCUT2D eigenvalue weighted by molar-refractivity contribution is 7.90. The normalized spacial score (nSPS) is 11.0. The number of aromatic nitrogens is 4. The molecular formula is C18H15N5O3S. The van der Waals surface area contributed by atoms with Crippen LogP contribution in [0.1, 0.15) is 15.9 Å². The van der Waals surface area contributed by atoms with E-state index in [1.165, 1.54) is 24.3 Å². The molecule has 3 rings (SSSR count). The smallest absolute Gasteiger partial charge is 0.286 e. The molecule has 3 aromatic rings. The Balaban J connectivity index is 1.94. The first-order valence-electron chi connectivity index (χ1n) is 7.86. The van der Waals surface area contributed by atoms with Gasteiger partial charge in [0, 0.05) is 11.1 Å². The zero-order chi connectivity index (χ0) is 19.4. The summed E-state index contributed by atoms with van der Waals surface area (Å²) in [5.41, 5.74) is 1.89. The van der Waals surface area contributed by atoms with E-state index in [-0.39, 0.29) is 23.2 Å². The van der Waals surface area contributed by atoms with Crippen LogP contribution < -0.4 is 5.32 Å². The number of hydrogen-bond donors (Lipinski definition) is 1. The van der Waals surface area contributed by atoms with Gasteiger partial charge in [-0.25, -0.2) is 0 Å². The van der Waals surface area contributed by atoms with Gasteiger partial charge >= 0.3 is 0 Å². The SMILES string of the molecule is C#CCNC(=O)c1ccc(S(=O)(=O)n2nnnc2-c2ccc(C)cc2)cc1. The van der Waals surface area contributed by atoms with Crippen molar-refractivity contribution in [3.8, 4) is 23.7 Å². The number of carbonyl (C=O) groups excluding carboxylic acids is 1. The Labute approximate surface area is 156 Å². The molecule has 0 aliphatic heterocycles. The van der Waals surface area contributed by atoms with Gasteiger partial charge in [0.25, 0.3) is 15.9 Å². The van der Waals surface area contributed by atoms with Crippen LogP contribution in [0.3, 0.4) is 0 Å². The molecule has 1 heterocycles. The second kappa shape index (κ2) is 7.39. The maximum Gasteiger partial charge on any atom is 0.286 e. The lowest BCUT2D eigenvalue weighted by atomic mass is 10.1. The number of aryl methyl sites for hydroxylation is 1. The largest absolute Gasteiger partial charge is 0.341 e. The summed E-state index contributed by atoms with van der Waals surface area (Å²) in [6.07, 6.45) is 5.10. The van der Waals surface area contributed by atoms with Crippen molar-refractivity contribution in [3.05, 3.63) is 59.7 Å². The molecule has 0 aliphatic carbocycles. The van der Waals surface area contributed by atoms with Gasteiger partial charge in [0.05, 0.1) is 11.4 Å². The molecule has 8 nitrogen and oxygen atoms in total. The van der Waals surface area contributed by atoms with Gasteiger partial charge in [0.1, 0.15) is 0 Å². The zero-order valence-electron chi connectivity index (χ0n) is 14.3. The number of terminal acetylenes is 1. The van der Waals surface area contributed by atoms with E-state index in [1.807, 2.05) is 19.1 Å². The highest BCUT2D eigenvalue weighted by Gasteiger charge is 2.24. The van der Waals surface area contributed by atoms with E-state index in [0.29, 0.717) is 11.1 Å². The molecule has 27 heavy (non-hydrogen) atoms. The Bertz CT molecular complexity index is 1110. The molecule has 0 atom stereocenters. The maximum absolute atomic E-state index is 12.9. The van der Waals surface area contributed by atoms with Crippen LogP contribution in [0.4, 0.5) is 0 Å². The number of benzene rings is 2. The van der Waals surface area contributed by atoms with Crippen LogP contribution >= 0.6 is 0 Å². The Morgan fingerprint density at radius 1 is 1.15 bits per heavy atom. The number of nitrogens with zero attached hydrogens (tertiary/aromatic N) is 4. The first kappa shape index (κ1) is 18.3. The number of tetrazole rings is 1. The van der Waals surface area contributed by atoms with Gasteiger partial charge in [-0.2, -0.15) is 8.42 Å². The van der Waals surface area contributed by atoms with E-state index >= 15 is 0 Å². The van der Waals surface area contributed by atoms with Crippen molar-refractivity contribution < 1.29 is 13.2 Å². The summed E-state index contributed by atoms with van der Waals surface area (Å²) in [5, 5.41) is 13.5. The lowest BCUT2D eigenvalue weighted by molar-refractivity contribution is 0.0958. The third-order valence-electron chi connectivity index (χ3n) is 3.74. The fraction of sp³-hybridized carbons (Fsp3) is 0.111. The summed E-state index contributed by atoms with van der Waals surface area (Å²) in [6.45, 7) is 2.01. The highest BCUT2D eigenvalue weighted by Crippen LogP contribution is 2.21. The molecule has 0 saturated heterocycles. The van der Waals surface area contributed by atoms with Crippen molar-refractivity contribution in [1.82, 2.24) is 24.9 Å². The van der Waals surface area contributed by atoms with Crippen LogP contribution in [0.25, 0.3) is 11.4 Å². The Morgan fingerprint density at radius 2 is 1.81 bits per heavy atom. The average molecular weight is 381 g/mol. The minimum Gasteiger partial charge on any atom is -0.341 e. The summed E-state index contributed by atoms with van der Waals surface area (Å²) < 4.78 is 26.6. The molecule has 0 saturated carbocycles. The standard InChI is InChI=1S/C18H15N5O3S/c1-3-12-19-18(24)15-8-10-16(11-9-15)27(25,26)23-17(20-21-22-23)14-6-4-13(2)5-7-14/h1,4-11H,12H2,2H3,(H,19,24). The van der Waals surface area contributed by atoms with E-state index < -0.39 is 10.0 Å². The van der Waals surface area contributed by atoms with Gasteiger partial charge in [-0.15, -0.1) is 15.6 Å². The first-order valence-corrected chi connectivity index (χ1v) is 9.30. The Hall–Kier alpha value is -3.51. The van der Waals surface area contributed by atoms with E-state index in [4.69, 9.17) is 6.42 Å². The van der Waals surface area contributed by atoms with E-state index in [2.05, 4.69) is 26.8 Å². The van der Waals surface area contributed by atoms with Crippen LogP contribution in [-0.2, 0) is 10.0 Å². The van der Waals surface area contributed by atoms with Crippen molar-refractivity contribution in [2.75, 3.05) is 6.54 Å². The van der Waals surface area contributed by atoms with Gasteiger partial charge < -0.3 is 5.32 Å². The molecule has 1 aromatic heterocycles. The molecule has 2 aromatic carbocycles. The monoisotopic (exact) mass is 381 g/mol. The van der Waals surface area contributed by atoms with Crippen molar-refractivity contribution in [1.29, 1.82) is 0 Å².